The summed E-state index contributed by atoms with van der Waals surface area (Å²) in [4.78, 5) is 11.9. The number of rotatable bonds is 4. The van der Waals surface area contributed by atoms with Crippen LogP contribution in [-0.2, 0) is 15.6 Å². The highest BCUT2D eigenvalue weighted by Crippen LogP contribution is 2.27. The summed E-state index contributed by atoms with van der Waals surface area (Å²) < 4.78 is 12.1. The van der Waals surface area contributed by atoms with Crippen molar-refractivity contribution < 1.29 is 9.00 Å². The van der Waals surface area contributed by atoms with E-state index in [-0.39, 0.29) is 11.7 Å². The quantitative estimate of drug-likeness (QED) is 0.759. The third-order valence-corrected chi connectivity index (χ3v) is 5.80. The second kappa shape index (κ2) is 5.95. The molecule has 3 heteroatoms. The molecule has 0 aromatic carbocycles. The van der Waals surface area contributed by atoms with Gasteiger partial charge in [-0.1, -0.05) is 32.1 Å². The fourth-order valence-electron chi connectivity index (χ4n) is 2.95. The standard InChI is InChI=1S/C13H22O2S/c14-13(11-6-4-5-7-11)10-16(15)12-8-2-1-3-9-12/h11-12H,1-10H2. The van der Waals surface area contributed by atoms with Gasteiger partial charge in [0, 0.05) is 22.0 Å². The average molecular weight is 242 g/mol. The van der Waals surface area contributed by atoms with Crippen LogP contribution in [0.4, 0.5) is 0 Å². The van der Waals surface area contributed by atoms with E-state index in [0.29, 0.717) is 11.0 Å². The molecule has 0 heterocycles. The van der Waals surface area contributed by atoms with Crippen molar-refractivity contribution in [2.24, 2.45) is 5.92 Å². The molecule has 2 nitrogen and oxygen atoms in total. The molecule has 0 bridgehead atoms. The third kappa shape index (κ3) is 3.16. The number of hydrogen-bond acceptors (Lipinski definition) is 2. The van der Waals surface area contributed by atoms with Crippen molar-refractivity contribution >= 4 is 16.6 Å². The lowest BCUT2D eigenvalue weighted by molar-refractivity contribution is -0.120. The van der Waals surface area contributed by atoms with Crippen molar-refractivity contribution in [3.8, 4) is 0 Å². The van der Waals surface area contributed by atoms with E-state index in [9.17, 15) is 9.00 Å². The van der Waals surface area contributed by atoms with Crippen LogP contribution in [0, 0.1) is 5.92 Å². The summed E-state index contributed by atoms with van der Waals surface area (Å²) in [7, 11) is -0.882. The van der Waals surface area contributed by atoms with E-state index in [2.05, 4.69) is 0 Å². The molecule has 0 aromatic heterocycles. The third-order valence-electron chi connectivity index (χ3n) is 4.02. The molecule has 92 valence electrons. The van der Waals surface area contributed by atoms with Crippen molar-refractivity contribution in [2.75, 3.05) is 5.75 Å². The van der Waals surface area contributed by atoms with Crippen LogP contribution in [0.2, 0.25) is 0 Å². The van der Waals surface area contributed by atoms with Gasteiger partial charge in [0.05, 0.1) is 5.75 Å². The highest BCUT2D eigenvalue weighted by Gasteiger charge is 2.27. The van der Waals surface area contributed by atoms with Crippen LogP contribution >= 0.6 is 0 Å². The van der Waals surface area contributed by atoms with E-state index in [1.54, 1.807) is 0 Å². The lowest BCUT2D eigenvalue weighted by Gasteiger charge is -2.21. The molecule has 0 N–H and O–H groups in total. The average Bonchev–Trinajstić information content (AvgIpc) is 2.83. The van der Waals surface area contributed by atoms with Gasteiger partial charge in [-0.3, -0.25) is 9.00 Å². The van der Waals surface area contributed by atoms with E-state index in [0.717, 1.165) is 25.7 Å². The van der Waals surface area contributed by atoms with E-state index >= 15 is 0 Å². The van der Waals surface area contributed by atoms with Crippen molar-refractivity contribution in [2.45, 2.75) is 63.0 Å². The molecule has 2 rings (SSSR count). The van der Waals surface area contributed by atoms with Crippen LogP contribution < -0.4 is 0 Å². The van der Waals surface area contributed by atoms with Crippen LogP contribution in [0.15, 0.2) is 0 Å². The summed E-state index contributed by atoms with van der Waals surface area (Å²) in [5.74, 6) is 0.865. The van der Waals surface area contributed by atoms with E-state index in [1.165, 1.54) is 32.1 Å². The fraction of sp³-hybridized carbons (Fsp3) is 0.923. The summed E-state index contributed by atoms with van der Waals surface area (Å²) in [6.07, 6.45) is 10.3. The van der Waals surface area contributed by atoms with Crippen LogP contribution in [0.25, 0.3) is 0 Å². The number of ketones is 1. The van der Waals surface area contributed by atoms with E-state index < -0.39 is 10.8 Å². The van der Waals surface area contributed by atoms with Gasteiger partial charge in [0.1, 0.15) is 5.78 Å². The minimum atomic E-state index is -0.882. The Morgan fingerprint density at radius 2 is 1.50 bits per heavy atom. The van der Waals surface area contributed by atoms with E-state index in [4.69, 9.17) is 0 Å². The Balaban J connectivity index is 1.79. The molecule has 2 saturated carbocycles. The molecule has 1 atom stereocenters. The first kappa shape index (κ1) is 12.3. The first-order valence-corrected chi connectivity index (χ1v) is 8.05. The maximum Gasteiger partial charge on any atom is 0.148 e. The minimum Gasteiger partial charge on any atom is -0.298 e. The zero-order chi connectivity index (χ0) is 11.4. The van der Waals surface area contributed by atoms with Gasteiger partial charge in [-0.05, 0) is 25.7 Å². The molecule has 0 spiro atoms. The second-order valence-corrected chi connectivity index (χ2v) is 6.95. The van der Waals surface area contributed by atoms with Crippen LogP contribution in [-0.4, -0.2) is 21.0 Å². The Hall–Kier alpha value is -0.180. The van der Waals surface area contributed by atoms with Gasteiger partial charge in [-0.15, -0.1) is 0 Å². The highest BCUT2D eigenvalue weighted by atomic mass is 32.2. The largest absolute Gasteiger partial charge is 0.298 e. The molecule has 2 aliphatic rings. The normalized spacial score (nSPS) is 25.8. The summed E-state index contributed by atoms with van der Waals surface area (Å²) in [5, 5.41) is 0.319. The zero-order valence-electron chi connectivity index (χ0n) is 9.95. The summed E-state index contributed by atoms with van der Waals surface area (Å²) >= 11 is 0. The lowest BCUT2D eigenvalue weighted by atomic mass is 10.0. The Labute approximate surface area is 101 Å². The van der Waals surface area contributed by atoms with Gasteiger partial charge in [0.2, 0.25) is 0 Å². The van der Waals surface area contributed by atoms with Crippen LogP contribution in [0.3, 0.4) is 0 Å². The Morgan fingerprint density at radius 1 is 0.938 bits per heavy atom. The Morgan fingerprint density at radius 3 is 2.12 bits per heavy atom. The first-order chi connectivity index (χ1) is 7.77. The molecule has 0 radical (unpaired) electrons. The Bertz CT molecular complexity index is 263. The molecule has 1 unspecified atom stereocenters. The molecule has 16 heavy (non-hydrogen) atoms. The molecule has 0 amide bonds. The maximum atomic E-state index is 12.1. The summed E-state index contributed by atoms with van der Waals surface area (Å²) in [6.45, 7) is 0. The van der Waals surface area contributed by atoms with Gasteiger partial charge in [0.25, 0.3) is 0 Å². The summed E-state index contributed by atoms with van der Waals surface area (Å²) in [5.41, 5.74) is 0. The Kier molecular flexibility index (Phi) is 4.56. The zero-order valence-corrected chi connectivity index (χ0v) is 10.8. The lowest BCUT2D eigenvalue weighted by Crippen LogP contribution is -2.27. The molecular formula is C13H22O2S. The molecule has 0 saturated heterocycles. The molecule has 0 aliphatic heterocycles. The number of carbonyl (C=O) groups excluding carboxylic acids is 1. The fourth-order valence-corrected chi connectivity index (χ4v) is 4.56. The first-order valence-electron chi connectivity index (χ1n) is 6.67. The summed E-state index contributed by atoms with van der Waals surface area (Å²) in [6, 6.07) is 0. The van der Waals surface area contributed by atoms with Crippen molar-refractivity contribution in [1.82, 2.24) is 0 Å². The molecule has 2 fully saturated rings. The van der Waals surface area contributed by atoms with E-state index in [1.807, 2.05) is 0 Å². The second-order valence-electron chi connectivity index (χ2n) is 5.23. The highest BCUT2D eigenvalue weighted by molar-refractivity contribution is 7.86. The predicted octanol–water partition coefficient (Wildman–Crippen LogP) is 2.83. The van der Waals surface area contributed by atoms with Crippen molar-refractivity contribution in [1.29, 1.82) is 0 Å². The molecule has 0 aromatic rings. The number of Topliss-reactive ketones (excluding diaryl/α,β-unsaturated/α-hetero) is 1. The van der Waals surface area contributed by atoms with Gasteiger partial charge < -0.3 is 0 Å². The van der Waals surface area contributed by atoms with Gasteiger partial charge in [0.15, 0.2) is 0 Å². The van der Waals surface area contributed by atoms with Gasteiger partial charge >= 0.3 is 0 Å². The molecule has 2 aliphatic carbocycles. The topological polar surface area (TPSA) is 34.1 Å². The van der Waals surface area contributed by atoms with Crippen LogP contribution in [0.5, 0.6) is 0 Å². The predicted molar refractivity (Wildman–Crippen MR) is 66.8 cm³/mol. The van der Waals surface area contributed by atoms with Crippen molar-refractivity contribution in [3.05, 3.63) is 0 Å². The monoisotopic (exact) mass is 242 g/mol. The van der Waals surface area contributed by atoms with Crippen molar-refractivity contribution in [3.63, 3.8) is 0 Å². The smallest absolute Gasteiger partial charge is 0.148 e. The van der Waals surface area contributed by atoms with Crippen LogP contribution in [0.1, 0.15) is 57.8 Å². The SMILES string of the molecule is O=C(CS(=O)C1CCCCC1)C1CCCC1. The maximum absolute atomic E-state index is 12.1. The molecular weight excluding hydrogens is 220 g/mol. The van der Waals surface area contributed by atoms with Gasteiger partial charge in [-0.25, -0.2) is 0 Å². The minimum absolute atomic E-state index is 0.243. The van der Waals surface area contributed by atoms with Gasteiger partial charge in [-0.2, -0.15) is 0 Å². The number of carbonyl (C=O) groups is 1. The number of hydrogen-bond donors (Lipinski definition) is 0.